The van der Waals surface area contributed by atoms with Crippen molar-refractivity contribution in [3.05, 3.63) is 48.3 Å². The fourth-order valence-corrected chi connectivity index (χ4v) is 4.10. The van der Waals surface area contributed by atoms with Gasteiger partial charge in [-0.3, -0.25) is 4.21 Å². The van der Waals surface area contributed by atoms with Gasteiger partial charge in [0.25, 0.3) is 0 Å². The van der Waals surface area contributed by atoms with Gasteiger partial charge in [-0.15, -0.1) is 0 Å². The molecule has 1 aromatic carbocycles. The lowest BCUT2D eigenvalue weighted by Crippen LogP contribution is -2.24. The van der Waals surface area contributed by atoms with Crippen LogP contribution in [0, 0.1) is 0 Å². The Kier molecular flexibility index (Phi) is 3.98. The van der Waals surface area contributed by atoms with Gasteiger partial charge in [-0.25, -0.2) is 4.68 Å². The smallest absolute Gasteiger partial charge is 0.0691 e. The Morgan fingerprint density at radius 2 is 2.20 bits per heavy atom. The first-order valence-electron chi connectivity index (χ1n) is 6.82. The molecule has 0 amide bonds. The monoisotopic (exact) mass is 290 g/mol. The second-order valence-corrected chi connectivity index (χ2v) is 6.70. The standard InChI is InChI=1S/C15H18N2O2S/c1-12-15(7-10-19-12)20(18)11-13-3-5-14(6-4-13)17-9-2-8-16-17/h2-6,8-9,12,15H,7,10-11H2,1H3/t12-,15+,20-/m0/s1. The second-order valence-electron chi connectivity index (χ2n) is 5.05. The van der Waals surface area contributed by atoms with Gasteiger partial charge in [-0.05, 0) is 37.1 Å². The minimum atomic E-state index is -0.867. The van der Waals surface area contributed by atoms with Crippen molar-refractivity contribution in [1.29, 1.82) is 0 Å². The summed E-state index contributed by atoms with van der Waals surface area (Å²) in [5, 5.41) is 4.36. The fraction of sp³-hybridized carbons (Fsp3) is 0.400. The van der Waals surface area contributed by atoms with E-state index in [1.807, 2.05) is 48.1 Å². The van der Waals surface area contributed by atoms with E-state index in [0.717, 1.165) is 24.3 Å². The van der Waals surface area contributed by atoms with Crippen LogP contribution in [0.2, 0.25) is 0 Å². The van der Waals surface area contributed by atoms with E-state index >= 15 is 0 Å². The summed E-state index contributed by atoms with van der Waals surface area (Å²) in [5.74, 6) is 0.595. The van der Waals surface area contributed by atoms with E-state index in [0.29, 0.717) is 5.75 Å². The summed E-state index contributed by atoms with van der Waals surface area (Å²) in [5.41, 5.74) is 2.11. The largest absolute Gasteiger partial charge is 0.377 e. The lowest BCUT2D eigenvalue weighted by molar-refractivity contribution is 0.127. The maximum atomic E-state index is 12.4. The Hall–Kier alpha value is -1.46. The zero-order valence-corrected chi connectivity index (χ0v) is 12.3. The first kappa shape index (κ1) is 13.5. The lowest BCUT2D eigenvalue weighted by Gasteiger charge is -2.13. The molecule has 1 fully saturated rings. The predicted molar refractivity (Wildman–Crippen MR) is 79.2 cm³/mol. The highest BCUT2D eigenvalue weighted by atomic mass is 32.2. The van der Waals surface area contributed by atoms with Crippen LogP contribution in [0.3, 0.4) is 0 Å². The van der Waals surface area contributed by atoms with Crippen molar-refractivity contribution in [2.45, 2.75) is 30.5 Å². The summed E-state index contributed by atoms with van der Waals surface area (Å²) >= 11 is 0. The Morgan fingerprint density at radius 1 is 1.40 bits per heavy atom. The van der Waals surface area contributed by atoms with E-state index in [1.54, 1.807) is 6.20 Å². The maximum absolute atomic E-state index is 12.4. The van der Waals surface area contributed by atoms with Gasteiger partial charge < -0.3 is 4.74 Å². The molecule has 3 rings (SSSR count). The van der Waals surface area contributed by atoms with Gasteiger partial charge >= 0.3 is 0 Å². The van der Waals surface area contributed by atoms with Crippen molar-refractivity contribution >= 4 is 10.8 Å². The Bertz CT molecular complexity index is 580. The molecule has 5 heteroatoms. The molecular formula is C15H18N2O2S. The number of hydrogen-bond donors (Lipinski definition) is 0. The van der Waals surface area contributed by atoms with E-state index in [2.05, 4.69) is 5.10 Å². The molecule has 106 valence electrons. The average molecular weight is 290 g/mol. The molecule has 4 nitrogen and oxygen atoms in total. The van der Waals surface area contributed by atoms with Crippen molar-refractivity contribution in [2.75, 3.05) is 6.61 Å². The van der Waals surface area contributed by atoms with Crippen molar-refractivity contribution in [2.24, 2.45) is 0 Å². The molecule has 0 saturated carbocycles. The average Bonchev–Trinajstić information content (AvgIpc) is 3.10. The third-order valence-corrected chi connectivity index (χ3v) is 5.57. The van der Waals surface area contributed by atoms with Crippen LogP contribution >= 0.6 is 0 Å². The molecule has 0 unspecified atom stereocenters. The van der Waals surface area contributed by atoms with Gasteiger partial charge in [0, 0.05) is 35.6 Å². The Labute approximate surface area is 121 Å². The minimum Gasteiger partial charge on any atom is -0.377 e. The summed E-state index contributed by atoms with van der Waals surface area (Å²) < 4.78 is 19.7. The maximum Gasteiger partial charge on any atom is 0.0691 e. The van der Waals surface area contributed by atoms with Gasteiger partial charge in [-0.2, -0.15) is 5.10 Å². The molecule has 1 aliphatic rings. The molecule has 3 atom stereocenters. The van der Waals surface area contributed by atoms with Crippen molar-refractivity contribution < 1.29 is 8.95 Å². The van der Waals surface area contributed by atoms with Gasteiger partial charge in [0.1, 0.15) is 0 Å². The van der Waals surface area contributed by atoms with Crippen LogP contribution in [0.4, 0.5) is 0 Å². The number of benzene rings is 1. The molecule has 0 spiro atoms. The highest BCUT2D eigenvalue weighted by molar-refractivity contribution is 7.84. The lowest BCUT2D eigenvalue weighted by atomic mass is 10.2. The third-order valence-electron chi connectivity index (χ3n) is 3.66. The fourth-order valence-electron chi connectivity index (χ4n) is 2.50. The molecule has 20 heavy (non-hydrogen) atoms. The summed E-state index contributed by atoms with van der Waals surface area (Å²) in [4.78, 5) is 0. The second kappa shape index (κ2) is 5.89. The van der Waals surface area contributed by atoms with Crippen LogP contribution in [-0.4, -0.2) is 32.0 Å². The highest BCUT2D eigenvalue weighted by Gasteiger charge is 2.29. The SMILES string of the molecule is C[C@@H]1OCC[C@H]1[S@@](=O)Cc1ccc(-n2cccn2)cc1. The molecule has 1 aliphatic heterocycles. The molecule has 2 heterocycles. The van der Waals surface area contributed by atoms with E-state index in [4.69, 9.17) is 4.74 Å². The first-order valence-corrected chi connectivity index (χ1v) is 8.20. The summed E-state index contributed by atoms with van der Waals surface area (Å²) in [6.07, 6.45) is 4.67. The zero-order chi connectivity index (χ0) is 13.9. The summed E-state index contributed by atoms with van der Waals surface area (Å²) in [6.45, 7) is 2.74. The predicted octanol–water partition coefficient (Wildman–Crippen LogP) is 2.30. The van der Waals surface area contributed by atoms with Crippen LogP contribution in [0.15, 0.2) is 42.7 Å². The number of nitrogens with zero attached hydrogens (tertiary/aromatic N) is 2. The van der Waals surface area contributed by atoms with E-state index in [1.165, 1.54) is 0 Å². The van der Waals surface area contributed by atoms with Crippen LogP contribution in [0.25, 0.3) is 5.69 Å². The molecule has 1 saturated heterocycles. The molecular weight excluding hydrogens is 272 g/mol. The van der Waals surface area contributed by atoms with Gasteiger partial charge in [0.15, 0.2) is 0 Å². The number of ether oxygens (including phenoxy) is 1. The third kappa shape index (κ3) is 2.83. The van der Waals surface area contributed by atoms with Crippen LogP contribution in [-0.2, 0) is 21.3 Å². The van der Waals surface area contributed by atoms with E-state index in [9.17, 15) is 4.21 Å². The first-order chi connectivity index (χ1) is 9.74. The van der Waals surface area contributed by atoms with Crippen molar-refractivity contribution in [3.8, 4) is 5.69 Å². The van der Waals surface area contributed by atoms with E-state index in [-0.39, 0.29) is 11.4 Å². The number of rotatable bonds is 4. The zero-order valence-electron chi connectivity index (χ0n) is 11.4. The quantitative estimate of drug-likeness (QED) is 0.868. The minimum absolute atomic E-state index is 0.110. The number of hydrogen-bond acceptors (Lipinski definition) is 3. The molecule has 0 bridgehead atoms. The Balaban J connectivity index is 1.68. The topological polar surface area (TPSA) is 44.1 Å². The van der Waals surface area contributed by atoms with Crippen LogP contribution in [0.1, 0.15) is 18.9 Å². The van der Waals surface area contributed by atoms with Gasteiger partial charge in [-0.1, -0.05) is 12.1 Å². The van der Waals surface area contributed by atoms with Crippen LogP contribution < -0.4 is 0 Å². The molecule has 0 N–H and O–H groups in total. The molecule has 2 aromatic rings. The molecule has 0 radical (unpaired) electrons. The van der Waals surface area contributed by atoms with Gasteiger partial charge in [0.2, 0.25) is 0 Å². The van der Waals surface area contributed by atoms with Crippen molar-refractivity contribution in [3.63, 3.8) is 0 Å². The normalized spacial score (nSPS) is 23.9. The van der Waals surface area contributed by atoms with Gasteiger partial charge in [0.05, 0.1) is 17.0 Å². The van der Waals surface area contributed by atoms with Crippen LogP contribution in [0.5, 0.6) is 0 Å². The summed E-state index contributed by atoms with van der Waals surface area (Å²) in [7, 11) is -0.867. The molecule has 1 aromatic heterocycles. The van der Waals surface area contributed by atoms with E-state index < -0.39 is 10.8 Å². The number of aromatic nitrogens is 2. The highest BCUT2D eigenvalue weighted by Crippen LogP contribution is 2.21. The molecule has 0 aliphatic carbocycles. The summed E-state index contributed by atoms with van der Waals surface area (Å²) in [6, 6.07) is 9.96. The Morgan fingerprint density at radius 3 is 2.80 bits per heavy atom. The van der Waals surface area contributed by atoms with Crippen molar-refractivity contribution in [1.82, 2.24) is 9.78 Å².